The fraction of sp³-hybridized carbons (Fsp3) is 0.545. The third-order valence-electron chi connectivity index (χ3n) is 6.27. The predicted octanol–water partition coefficient (Wildman–Crippen LogP) is 6.83. The van der Waals surface area contributed by atoms with Crippen LogP contribution in [0.4, 0.5) is 17.3 Å². The lowest BCUT2D eigenvalue weighted by Crippen LogP contribution is -2.55. The molecule has 0 spiro atoms. The quantitative estimate of drug-likeness (QED) is 0.289. The van der Waals surface area contributed by atoms with Gasteiger partial charge in [-0.3, -0.25) is 0 Å². The molecule has 1 nitrogen and oxygen atoms in total. The largest absolute Gasteiger partial charge is 0.673 e. The summed E-state index contributed by atoms with van der Waals surface area (Å²) in [7, 11) is -5.70. The minimum absolute atomic E-state index is 0.299. The van der Waals surface area contributed by atoms with Crippen LogP contribution in [-0.4, -0.2) is 24.0 Å². The Morgan fingerprint density at radius 2 is 1.69 bits per heavy atom. The van der Waals surface area contributed by atoms with Gasteiger partial charge in [0.25, 0.3) is 0 Å². The Bertz CT molecular complexity index is 820. The molecule has 1 aliphatic heterocycles. The number of ether oxygens (including phenoxy) is 1. The molecular weight excluding hydrogens is 399 g/mol. The molecule has 4 atom stereocenters. The summed E-state index contributed by atoms with van der Waals surface area (Å²) >= 11 is 0. The Labute approximate surface area is 173 Å². The monoisotopic (exact) mass is 428 g/mol. The second-order valence-electron chi connectivity index (χ2n) is 8.76. The number of halogens is 4. The van der Waals surface area contributed by atoms with Gasteiger partial charge in [0.15, 0.2) is 0 Å². The van der Waals surface area contributed by atoms with Crippen LogP contribution in [0.3, 0.4) is 0 Å². The lowest BCUT2D eigenvalue weighted by Gasteiger charge is -2.46. The third kappa shape index (κ3) is 5.91. The van der Waals surface area contributed by atoms with E-state index in [0.717, 1.165) is 23.5 Å². The van der Waals surface area contributed by atoms with E-state index in [1.165, 1.54) is 35.6 Å². The first kappa shape index (κ1) is 22.5. The average molecular weight is 428 g/mol. The molecule has 1 unspecified atom stereocenters. The van der Waals surface area contributed by atoms with E-state index in [0.29, 0.717) is 21.7 Å². The SMILES string of the molecule is C[C@@H]1CC[C@@H]2[C@@H](C1)OC[S+](Cc1ccc3ccccc3c1)C2(C)C.F[B-](F)(F)F. The number of hydrogen-bond donors (Lipinski definition) is 0. The molecular formula is C22H29BF4OS. The maximum Gasteiger partial charge on any atom is 0.673 e. The van der Waals surface area contributed by atoms with Crippen molar-refractivity contribution in [2.24, 2.45) is 11.8 Å². The van der Waals surface area contributed by atoms with E-state index >= 15 is 0 Å². The number of benzene rings is 2. The van der Waals surface area contributed by atoms with E-state index in [1.54, 1.807) is 0 Å². The Balaban J connectivity index is 0.000000431. The summed E-state index contributed by atoms with van der Waals surface area (Å²) in [4.78, 5) is 0. The molecule has 0 bridgehead atoms. The van der Waals surface area contributed by atoms with Crippen molar-refractivity contribution in [2.45, 2.75) is 56.6 Å². The van der Waals surface area contributed by atoms with Crippen LogP contribution in [0.25, 0.3) is 10.8 Å². The van der Waals surface area contributed by atoms with Crippen molar-refractivity contribution in [3.63, 3.8) is 0 Å². The number of hydrogen-bond acceptors (Lipinski definition) is 1. The molecule has 2 aromatic carbocycles. The zero-order valence-corrected chi connectivity index (χ0v) is 18.0. The van der Waals surface area contributed by atoms with Gasteiger partial charge in [-0.25, -0.2) is 0 Å². The minimum atomic E-state index is -6.00. The molecule has 1 saturated carbocycles. The minimum Gasteiger partial charge on any atom is -0.418 e. The van der Waals surface area contributed by atoms with Gasteiger partial charge in [-0.1, -0.05) is 49.7 Å². The van der Waals surface area contributed by atoms with E-state index < -0.39 is 7.25 Å². The van der Waals surface area contributed by atoms with E-state index in [9.17, 15) is 17.3 Å². The third-order valence-corrected chi connectivity index (χ3v) is 9.16. The second kappa shape index (κ2) is 8.89. The standard InChI is InChI=1S/C22H29OS.BF4/c1-16-8-11-20-21(12-16)23-15-24(22(20,2)3)14-17-9-10-18-6-4-5-7-19(18)13-17;2-1(3,4)5/h4-7,9-10,13,16,20-21H,8,11-12,14-15H2,1-3H3;/q+1;-1/t16-,20-,21-,24?;/m1./s1. The van der Waals surface area contributed by atoms with Gasteiger partial charge < -0.3 is 22.0 Å². The molecule has 0 N–H and O–H groups in total. The lowest BCUT2D eigenvalue weighted by atomic mass is 9.75. The Kier molecular flexibility index (Phi) is 6.89. The summed E-state index contributed by atoms with van der Waals surface area (Å²) < 4.78 is 45.8. The van der Waals surface area contributed by atoms with Gasteiger partial charge in [-0.2, -0.15) is 0 Å². The first-order valence-electron chi connectivity index (χ1n) is 10.2. The Hall–Kier alpha value is -1.21. The second-order valence-corrected chi connectivity index (χ2v) is 11.3. The molecule has 1 heterocycles. The number of rotatable bonds is 2. The van der Waals surface area contributed by atoms with Crippen LogP contribution in [-0.2, 0) is 21.4 Å². The van der Waals surface area contributed by atoms with Crippen molar-refractivity contribution in [1.82, 2.24) is 0 Å². The summed E-state index contributed by atoms with van der Waals surface area (Å²) in [6.45, 7) is 7.40. The summed E-state index contributed by atoms with van der Waals surface area (Å²) in [5, 5.41) is 2.70. The fourth-order valence-corrected chi connectivity index (χ4v) is 6.98. The Morgan fingerprint density at radius 1 is 1.03 bits per heavy atom. The normalized spacial score (nSPS) is 28.9. The van der Waals surface area contributed by atoms with Crippen LogP contribution in [0.5, 0.6) is 0 Å². The van der Waals surface area contributed by atoms with Crippen LogP contribution in [0.2, 0.25) is 0 Å². The van der Waals surface area contributed by atoms with Crippen molar-refractivity contribution >= 4 is 28.9 Å². The molecule has 2 fully saturated rings. The maximum absolute atomic E-state index is 9.75. The highest BCUT2D eigenvalue weighted by Crippen LogP contribution is 2.46. The predicted molar refractivity (Wildman–Crippen MR) is 116 cm³/mol. The van der Waals surface area contributed by atoms with Crippen molar-refractivity contribution in [3.8, 4) is 0 Å². The van der Waals surface area contributed by atoms with Gasteiger partial charge in [0.1, 0.15) is 10.5 Å². The summed E-state index contributed by atoms with van der Waals surface area (Å²) in [5.74, 6) is 3.69. The highest BCUT2D eigenvalue weighted by molar-refractivity contribution is 7.97. The van der Waals surface area contributed by atoms with Crippen LogP contribution >= 0.6 is 0 Å². The van der Waals surface area contributed by atoms with Gasteiger partial charge >= 0.3 is 7.25 Å². The summed E-state index contributed by atoms with van der Waals surface area (Å²) in [6.07, 6.45) is 4.49. The number of fused-ring (bicyclic) bond motifs is 2. The topological polar surface area (TPSA) is 9.23 Å². The first-order valence-corrected chi connectivity index (χ1v) is 11.7. The molecule has 4 rings (SSSR count). The van der Waals surface area contributed by atoms with Gasteiger partial charge in [0.05, 0.1) is 6.10 Å². The average Bonchev–Trinajstić information content (AvgIpc) is 2.62. The van der Waals surface area contributed by atoms with Crippen molar-refractivity contribution < 1.29 is 22.0 Å². The van der Waals surface area contributed by atoms with Crippen molar-refractivity contribution in [1.29, 1.82) is 0 Å². The first-order chi connectivity index (χ1) is 13.5. The van der Waals surface area contributed by atoms with E-state index in [4.69, 9.17) is 4.74 Å². The molecule has 0 radical (unpaired) electrons. The smallest absolute Gasteiger partial charge is 0.418 e. The van der Waals surface area contributed by atoms with E-state index in [-0.39, 0.29) is 0 Å². The van der Waals surface area contributed by atoms with Crippen LogP contribution in [0.15, 0.2) is 42.5 Å². The highest BCUT2D eigenvalue weighted by Gasteiger charge is 2.54. The molecule has 0 amide bonds. The van der Waals surface area contributed by atoms with Gasteiger partial charge in [-0.05, 0) is 49.4 Å². The molecule has 160 valence electrons. The molecule has 7 heteroatoms. The summed E-state index contributed by atoms with van der Waals surface area (Å²) in [6, 6.07) is 15.7. The van der Waals surface area contributed by atoms with Gasteiger partial charge in [-0.15, -0.1) is 0 Å². The Morgan fingerprint density at radius 3 is 2.38 bits per heavy atom. The molecule has 2 aliphatic rings. The molecule has 29 heavy (non-hydrogen) atoms. The lowest BCUT2D eigenvalue weighted by molar-refractivity contribution is -0.0251. The highest BCUT2D eigenvalue weighted by atomic mass is 32.2. The fourth-order valence-electron chi connectivity index (χ4n) is 4.60. The zero-order valence-electron chi connectivity index (χ0n) is 17.2. The molecule has 0 aromatic heterocycles. The van der Waals surface area contributed by atoms with Crippen LogP contribution < -0.4 is 0 Å². The van der Waals surface area contributed by atoms with Crippen LogP contribution in [0, 0.1) is 11.8 Å². The summed E-state index contributed by atoms with van der Waals surface area (Å²) in [5.41, 5.74) is 1.47. The molecule has 1 aliphatic carbocycles. The van der Waals surface area contributed by atoms with E-state index in [1.807, 2.05) is 0 Å². The molecule has 1 saturated heterocycles. The van der Waals surface area contributed by atoms with Crippen LogP contribution in [0.1, 0.15) is 45.6 Å². The zero-order chi connectivity index (χ0) is 21.2. The van der Waals surface area contributed by atoms with Gasteiger partial charge in [0.2, 0.25) is 5.94 Å². The van der Waals surface area contributed by atoms with Crippen molar-refractivity contribution in [2.75, 3.05) is 5.94 Å². The van der Waals surface area contributed by atoms with Crippen molar-refractivity contribution in [3.05, 3.63) is 48.0 Å². The maximum atomic E-state index is 9.75. The van der Waals surface area contributed by atoms with Gasteiger partial charge in [0, 0.05) is 22.4 Å². The molecule has 2 aromatic rings. The van der Waals surface area contributed by atoms with E-state index in [2.05, 4.69) is 63.2 Å².